The molecule has 2 aromatic rings. The summed E-state index contributed by atoms with van der Waals surface area (Å²) >= 11 is 1.36. The second-order valence-corrected chi connectivity index (χ2v) is 6.83. The van der Waals surface area contributed by atoms with E-state index < -0.39 is 5.91 Å². The standard InChI is InChI=1S/C16H21N3O3S/c1-11-4-2-3-5-13(11)22-8-6-17-14(20)12-10-18-16-19(15(12)21)7-9-23-16/h7,9-11,13H,2-6,8H2,1H3,(H,17,20)/t11-,13-/m1/s1. The zero-order valence-electron chi connectivity index (χ0n) is 13.2. The van der Waals surface area contributed by atoms with Crippen LogP contribution < -0.4 is 10.9 Å². The number of rotatable bonds is 5. The molecule has 0 saturated heterocycles. The van der Waals surface area contributed by atoms with Gasteiger partial charge in [-0.25, -0.2) is 4.98 Å². The quantitative estimate of drug-likeness (QED) is 0.849. The van der Waals surface area contributed by atoms with Crippen LogP contribution in [-0.4, -0.2) is 34.5 Å². The Hall–Kier alpha value is -1.73. The van der Waals surface area contributed by atoms with E-state index in [2.05, 4.69) is 17.2 Å². The molecule has 0 bridgehead atoms. The van der Waals surface area contributed by atoms with Crippen LogP contribution in [0.3, 0.4) is 0 Å². The first-order valence-electron chi connectivity index (χ1n) is 8.01. The van der Waals surface area contributed by atoms with Crippen molar-refractivity contribution in [2.75, 3.05) is 13.2 Å². The Morgan fingerprint density at radius 1 is 1.48 bits per heavy atom. The molecule has 1 fully saturated rings. The van der Waals surface area contributed by atoms with Crippen molar-refractivity contribution in [1.29, 1.82) is 0 Å². The van der Waals surface area contributed by atoms with Crippen molar-refractivity contribution in [3.05, 3.63) is 33.7 Å². The Kier molecular flexibility index (Phi) is 5.07. The van der Waals surface area contributed by atoms with E-state index >= 15 is 0 Å². The number of carbonyl (C=O) groups is 1. The van der Waals surface area contributed by atoms with Crippen molar-refractivity contribution in [2.24, 2.45) is 5.92 Å². The molecule has 6 nitrogen and oxygen atoms in total. The van der Waals surface area contributed by atoms with Gasteiger partial charge in [-0.2, -0.15) is 0 Å². The summed E-state index contributed by atoms with van der Waals surface area (Å²) in [5, 5.41) is 4.51. The Balaban J connectivity index is 1.52. The van der Waals surface area contributed by atoms with Crippen LogP contribution in [0.5, 0.6) is 0 Å². The summed E-state index contributed by atoms with van der Waals surface area (Å²) in [4.78, 5) is 29.0. The van der Waals surface area contributed by atoms with Gasteiger partial charge in [0.05, 0.1) is 12.7 Å². The summed E-state index contributed by atoms with van der Waals surface area (Å²) in [6.45, 7) is 3.08. The molecule has 1 amide bonds. The van der Waals surface area contributed by atoms with E-state index in [4.69, 9.17) is 4.74 Å². The molecule has 124 valence electrons. The smallest absolute Gasteiger partial charge is 0.271 e. The van der Waals surface area contributed by atoms with Gasteiger partial charge in [0.15, 0.2) is 4.96 Å². The van der Waals surface area contributed by atoms with E-state index in [1.165, 1.54) is 41.2 Å². The zero-order valence-corrected chi connectivity index (χ0v) is 14.0. The first kappa shape index (κ1) is 16.1. The summed E-state index contributed by atoms with van der Waals surface area (Å²) < 4.78 is 7.25. The van der Waals surface area contributed by atoms with Crippen LogP contribution in [0.4, 0.5) is 0 Å². The van der Waals surface area contributed by atoms with Crippen LogP contribution in [0.15, 0.2) is 22.6 Å². The topological polar surface area (TPSA) is 72.7 Å². The van der Waals surface area contributed by atoms with Crippen molar-refractivity contribution in [3.8, 4) is 0 Å². The largest absolute Gasteiger partial charge is 0.376 e. The highest BCUT2D eigenvalue weighted by atomic mass is 32.1. The van der Waals surface area contributed by atoms with Crippen molar-refractivity contribution in [1.82, 2.24) is 14.7 Å². The van der Waals surface area contributed by atoms with E-state index in [-0.39, 0.29) is 17.2 Å². The fourth-order valence-corrected chi connectivity index (χ4v) is 3.66. The third-order valence-electron chi connectivity index (χ3n) is 4.34. The predicted molar refractivity (Wildman–Crippen MR) is 89.0 cm³/mol. The van der Waals surface area contributed by atoms with Gasteiger partial charge in [-0.3, -0.25) is 14.0 Å². The minimum absolute atomic E-state index is 0.0620. The number of ether oxygens (including phenoxy) is 1. The molecule has 0 unspecified atom stereocenters. The number of thiazole rings is 1. The Morgan fingerprint density at radius 3 is 3.13 bits per heavy atom. The van der Waals surface area contributed by atoms with Gasteiger partial charge in [0.2, 0.25) is 0 Å². The van der Waals surface area contributed by atoms with E-state index in [1.54, 1.807) is 11.6 Å². The highest BCUT2D eigenvalue weighted by Gasteiger charge is 2.21. The van der Waals surface area contributed by atoms with Gasteiger partial charge in [-0.05, 0) is 18.8 Å². The van der Waals surface area contributed by atoms with Gasteiger partial charge >= 0.3 is 0 Å². The Morgan fingerprint density at radius 2 is 2.30 bits per heavy atom. The molecule has 0 spiro atoms. The molecular formula is C16H21N3O3S. The summed E-state index contributed by atoms with van der Waals surface area (Å²) in [5.41, 5.74) is -0.275. The monoisotopic (exact) mass is 335 g/mol. The molecule has 0 aliphatic heterocycles. The maximum atomic E-state index is 12.2. The third kappa shape index (κ3) is 3.61. The van der Waals surface area contributed by atoms with Crippen molar-refractivity contribution in [3.63, 3.8) is 0 Å². The molecular weight excluding hydrogens is 314 g/mol. The number of fused-ring (bicyclic) bond motifs is 1. The number of carbonyl (C=O) groups excluding carboxylic acids is 1. The first-order valence-corrected chi connectivity index (χ1v) is 8.89. The van der Waals surface area contributed by atoms with Crippen LogP contribution in [0.25, 0.3) is 4.96 Å². The number of amides is 1. The van der Waals surface area contributed by atoms with Gasteiger partial charge in [0.1, 0.15) is 5.56 Å². The highest BCUT2D eigenvalue weighted by molar-refractivity contribution is 7.15. The maximum Gasteiger partial charge on any atom is 0.271 e. The summed E-state index contributed by atoms with van der Waals surface area (Å²) in [5.74, 6) is 0.178. The van der Waals surface area contributed by atoms with Gasteiger partial charge in [-0.1, -0.05) is 19.8 Å². The van der Waals surface area contributed by atoms with Gasteiger partial charge in [0.25, 0.3) is 11.5 Å². The molecule has 1 aliphatic rings. The number of hydrogen-bond donors (Lipinski definition) is 1. The Bertz CT molecular complexity index is 739. The SMILES string of the molecule is C[C@@H]1CCCC[C@H]1OCCNC(=O)c1cnc2sccn2c1=O. The van der Waals surface area contributed by atoms with Crippen molar-refractivity contribution >= 4 is 22.2 Å². The zero-order chi connectivity index (χ0) is 16.2. The molecule has 7 heteroatoms. The molecule has 2 aromatic heterocycles. The molecule has 0 radical (unpaired) electrons. The Labute approximate surface area is 138 Å². The van der Waals surface area contributed by atoms with Crippen molar-refractivity contribution in [2.45, 2.75) is 38.7 Å². The maximum absolute atomic E-state index is 12.2. The lowest BCUT2D eigenvalue weighted by molar-refractivity contribution is -0.00294. The third-order valence-corrected chi connectivity index (χ3v) is 5.11. The number of aromatic nitrogens is 2. The van der Waals surface area contributed by atoms with Crippen LogP contribution in [0.1, 0.15) is 43.0 Å². The minimum atomic E-state index is -0.400. The van der Waals surface area contributed by atoms with Gasteiger partial charge in [-0.15, -0.1) is 11.3 Å². The average Bonchev–Trinajstić information content (AvgIpc) is 3.03. The second kappa shape index (κ2) is 7.23. The molecule has 1 saturated carbocycles. The molecule has 1 N–H and O–H groups in total. The van der Waals surface area contributed by atoms with E-state index in [0.717, 1.165) is 6.42 Å². The summed E-state index contributed by atoms with van der Waals surface area (Å²) in [6.07, 6.45) is 8.04. The molecule has 0 aromatic carbocycles. The molecule has 23 heavy (non-hydrogen) atoms. The van der Waals surface area contributed by atoms with Crippen LogP contribution >= 0.6 is 11.3 Å². The summed E-state index contributed by atoms with van der Waals surface area (Å²) in [6, 6.07) is 0. The average molecular weight is 335 g/mol. The molecule has 3 rings (SSSR count). The molecule has 1 aliphatic carbocycles. The van der Waals surface area contributed by atoms with E-state index in [0.29, 0.717) is 24.0 Å². The van der Waals surface area contributed by atoms with Crippen LogP contribution in [0, 0.1) is 5.92 Å². The number of nitrogens with one attached hydrogen (secondary N) is 1. The highest BCUT2D eigenvalue weighted by Crippen LogP contribution is 2.25. The fraction of sp³-hybridized carbons (Fsp3) is 0.562. The minimum Gasteiger partial charge on any atom is -0.376 e. The van der Waals surface area contributed by atoms with E-state index in [1.807, 2.05) is 0 Å². The van der Waals surface area contributed by atoms with Gasteiger partial charge < -0.3 is 10.1 Å². The van der Waals surface area contributed by atoms with E-state index in [9.17, 15) is 9.59 Å². The van der Waals surface area contributed by atoms with Gasteiger partial charge in [0, 0.05) is 24.3 Å². The number of hydrogen-bond acceptors (Lipinski definition) is 5. The fourth-order valence-electron chi connectivity index (χ4n) is 2.98. The number of nitrogens with zero attached hydrogens (tertiary/aromatic N) is 2. The lowest BCUT2D eigenvalue weighted by Gasteiger charge is -2.28. The molecule has 2 atom stereocenters. The molecule has 2 heterocycles. The lowest BCUT2D eigenvalue weighted by Crippen LogP contribution is -2.34. The van der Waals surface area contributed by atoms with Crippen LogP contribution in [0.2, 0.25) is 0 Å². The van der Waals surface area contributed by atoms with Crippen LogP contribution in [-0.2, 0) is 4.74 Å². The predicted octanol–water partition coefficient (Wildman–Crippen LogP) is 2.08. The van der Waals surface area contributed by atoms with Crippen molar-refractivity contribution < 1.29 is 9.53 Å². The normalized spacial score (nSPS) is 21.4. The second-order valence-electron chi connectivity index (χ2n) is 5.96. The summed E-state index contributed by atoms with van der Waals surface area (Å²) in [7, 11) is 0. The first-order chi connectivity index (χ1) is 11.2. The lowest BCUT2D eigenvalue weighted by atomic mass is 9.88.